The molecule has 7 nitrogen and oxygen atoms in total. The normalized spacial score (nSPS) is 17.8. The first-order valence-electron chi connectivity index (χ1n) is 7.91. The van der Waals surface area contributed by atoms with E-state index in [0.29, 0.717) is 19.6 Å². The van der Waals surface area contributed by atoms with Crippen LogP contribution in [0.4, 0.5) is 0 Å². The predicted octanol–water partition coefficient (Wildman–Crippen LogP) is 1.75. The average Bonchev–Trinajstić information content (AvgIpc) is 3.04. The van der Waals surface area contributed by atoms with Gasteiger partial charge in [-0.2, -0.15) is 0 Å². The second-order valence-electron chi connectivity index (χ2n) is 5.74. The highest BCUT2D eigenvalue weighted by atomic mass is 16.4. The zero-order chi connectivity index (χ0) is 16.8. The Morgan fingerprint density at radius 3 is 2.87 bits per heavy atom. The van der Waals surface area contributed by atoms with E-state index in [2.05, 4.69) is 12.2 Å². The maximum Gasteiger partial charge on any atom is 0.338 e. The quantitative estimate of drug-likeness (QED) is 0.777. The van der Waals surface area contributed by atoms with E-state index in [-0.39, 0.29) is 29.1 Å². The fourth-order valence-electron chi connectivity index (χ4n) is 2.62. The van der Waals surface area contributed by atoms with Gasteiger partial charge in [0.25, 0.3) is 5.91 Å². The van der Waals surface area contributed by atoms with Gasteiger partial charge in [-0.15, -0.1) is 0 Å². The lowest BCUT2D eigenvalue weighted by Gasteiger charge is -2.31. The van der Waals surface area contributed by atoms with Crippen molar-refractivity contribution in [2.24, 2.45) is 5.92 Å². The van der Waals surface area contributed by atoms with Crippen molar-refractivity contribution in [1.29, 1.82) is 0 Å². The third-order valence-corrected chi connectivity index (χ3v) is 3.97. The lowest BCUT2D eigenvalue weighted by atomic mass is 9.97. The van der Waals surface area contributed by atoms with Crippen LogP contribution in [-0.4, -0.2) is 47.4 Å². The summed E-state index contributed by atoms with van der Waals surface area (Å²) in [5.41, 5.74) is -0.0563. The molecule has 23 heavy (non-hydrogen) atoms. The van der Waals surface area contributed by atoms with Crippen molar-refractivity contribution in [2.45, 2.75) is 32.6 Å². The van der Waals surface area contributed by atoms with Crippen molar-refractivity contribution in [3.8, 4) is 0 Å². The molecule has 1 unspecified atom stereocenters. The largest absolute Gasteiger partial charge is 0.478 e. The molecule has 1 saturated heterocycles. The molecule has 0 aromatic carbocycles. The maximum atomic E-state index is 12.4. The van der Waals surface area contributed by atoms with Gasteiger partial charge in [-0.25, -0.2) is 4.79 Å². The molecule has 1 aromatic rings. The van der Waals surface area contributed by atoms with E-state index in [9.17, 15) is 14.4 Å². The van der Waals surface area contributed by atoms with Crippen LogP contribution in [-0.2, 0) is 4.79 Å². The molecule has 0 bridgehead atoms. The number of amides is 2. The number of hydrogen-bond acceptors (Lipinski definition) is 4. The van der Waals surface area contributed by atoms with Gasteiger partial charge < -0.3 is 19.7 Å². The number of unbranched alkanes of at least 4 members (excludes halogenated alkanes) is 1. The minimum absolute atomic E-state index is 0.00515. The molecular formula is C16H22N2O5. The Morgan fingerprint density at radius 2 is 2.22 bits per heavy atom. The summed E-state index contributed by atoms with van der Waals surface area (Å²) in [6.45, 7) is 3.59. The number of furan rings is 1. The van der Waals surface area contributed by atoms with Gasteiger partial charge in [-0.05, 0) is 19.3 Å². The van der Waals surface area contributed by atoms with Crippen LogP contribution in [0.3, 0.4) is 0 Å². The van der Waals surface area contributed by atoms with E-state index >= 15 is 0 Å². The van der Waals surface area contributed by atoms with Crippen molar-refractivity contribution in [1.82, 2.24) is 10.2 Å². The van der Waals surface area contributed by atoms with Crippen LogP contribution in [0.15, 0.2) is 16.7 Å². The topological polar surface area (TPSA) is 99.9 Å². The first-order valence-corrected chi connectivity index (χ1v) is 7.91. The van der Waals surface area contributed by atoms with E-state index in [4.69, 9.17) is 9.52 Å². The predicted molar refractivity (Wildman–Crippen MR) is 82.2 cm³/mol. The minimum atomic E-state index is -1.14. The molecule has 1 fully saturated rings. The van der Waals surface area contributed by atoms with Crippen LogP contribution in [0.1, 0.15) is 53.5 Å². The zero-order valence-corrected chi connectivity index (χ0v) is 13.2. The number of nitrogens with one attached hydrogen (secondary N) is 1. The highest BCUT2D eigenvalue weighted by Crippen LogP contribution is 2.20. The molecular weight excluding hydrogens is 300 g/mol. The van der Waals surface area contributed by atoms with E-state index in [1.165, 1.54) is 6.07 Å². The Balaban J connectivity index is 1.95. The molecule has 0 spiro atoms. The highest BCUT2D eigenvalue weighted by Gasteiger charge is 2.30. The van der Waals surface area contributed by atoms with Gasteiger partial charge in [-0.3, -0.25) is 9.59 Å². The molecule has 2 amide bonds. The SMILES string of the molecule is CCCCNC(=O)C1CCCN(C(=O)c2cc(C(=O)O)co2)C1. The van der Waals surface area contributed by atoms with Gasteiger partial charge >= 0.3 is 5.97 Å². The molecule has 7 heteroatoms. The van der Waals surface area contributed by atoms with Crippen molar-refractivity contribution in [3.05, 3.63) is 23.7 Å². The van der Waals surface area contributed by atoms with Gasteiger partial charge in [0.1, 0.15) is 6.26 Å². The number of rotatable bonds is 6. The number of aromatic carboxylic acids is 1. The standard InChI is InChI=1S/C16H22N2O5/c1-2-3-6-17-14(19)11-5-4-7-18(9-11)15(20)13-8-12(10-23-13)16(21)22/h8,10-11H,2-7,9H2,1H3,(H,17,19)(H,21,22). The smallest absolute Gasteiger partial charge is 0.338 e. The summed E-state index contributed by atoms with van der Waals surface area (Å²) in [5, 5.41) is 11.8. The number of carbonyl (C=O) groups is 3. The molecule has 1 aromatic heterocycles. The molecule has 1 aliphatic heterocycles. The van der Waals surface area contributed by atoms with Crippen LogP contribution >= 0.6 is 0 Å². The van der Waals surface area contributed by atoms with Gasteiger partial charge in [0.15, 0.2) is 5.76 Å². The zero-order valence-electron chi connectivity index (χ0n) is 13.2. The number of likely N-dealkylation sites (tertiary alicyclic amines) is 1. The number of piperidine rings is 1. The van der Waals surface area contributed by atoms with Crippen LogP contribution in [0.25, 0.3) is 0 Å². The van der Waals surface area contributed by atoms with E-state index < -0.39 is 5.97 Å². The molecule has 0 radical (unpaired) electrons. The number of carbonyl (C=O) groups excluding carboxylic acids is 2. The monoisotopic (exact) mass is 322 g/mol. The number of carboxylic acid groups (broad SMARTS) is 1. The summed E-state index contributed by atoms with van der Waals surface area (Å²) in [7, 11) is 0. The van der Waals surface area contributed by atoms with Gasteiger partial charge in [0.05, 0.1) is 11.5 Å². The van der Waals surface area contributed by atoms with Gasteiger partial charge in [0, 0.05) is 25.7 Å². The molecule has 1 atom stereocenters. The lowest BCUT2D eigenvalue weighted by molar-refractivity contribution is -0.126. The Bertz CT molecular complexity index is 581. The Hall–Kier alpha value is -2.31. The van der Waals surface area contributed by atoms with Crippen LogP contribution in [0.5, 0.6) is 0 Å². The molecule has 2 N–H and O–H groups in total. The van der Waals surface area contributed by atoms with Crippen LogP contribution in [0.2, 0.25) is 0 Å². The first-order chi connectivity index (χ1) is 11.0. The molecule has 0 saturated carbocycles. The van der Waals surface area contributed by atoms with Crippen molar-refractivity contribution in [3.63, 3.8) is 0 Å². The molecule has 0 aliphatic carbocycles. The first kappa shape index (κ1) is 17.1. The lowest BCUT2D eigenvalue weighted by Crippen LogP contribution is -2.45. The maximum absolute atomic E-state index is 12.4. The summed E-state index contributed by atoms with van der Waals surface area (Å²) in [6, 6.07) is 1.22. The number of hydrogen-bond donors (Lipinski definition) is 2. The van der Waals surface area contributed by atoms with Crippen molar-refractivity contribution < 1.29 is 23.9 Å². The summed E-state index contributed by atoms with van der Waals surface area (Å²) in [4.78, 5) is 36.9. The van der Waals surface area contributed by atoms with E-state index in [1.54, 1.807) is 4.90 Å². The summed E-state index contributed by atoms with van der Waals surface area (Å²) in [5.74, 6) is -1.77. The Labute approximate surface area is 134 Å². The molecule has 2 heterocycles. The second kappa shape index (κ2) is 7.80. The van der Waals surface area contributed by atoms with E-state index in [0.717, 1.165) is 31.9 Å². The molecule has 2 rings (SSSR count). The number of carboxylic acids is 1. The van der Waals surface area contributed by atoms with Crippen molar-refractivity contribution in [2.75, 3.05) is 19.6 Å². The van der Waals surface area contributed by atoms with Gasteiger partial charge in [-0.1, -0.05) is 13.3 Å². The summed E-state index contributed by atoms with van der Waals surface area (Å²) >= 11 is 0. The van der Waals surface area contributed by atoms with Crippen molar-refractivity contribution >= 4 is 17.8 Å². The minimum Gasteiger partial charge on any atom is -0.478 e. The summed E-state index contributed by atoms with van der Waals surface area (Å²) < 4.78 is 5.04. The van der Waals surface area contributed by atoms with Crippen LogP contribution < -0.4 is 5.32 Å². The van der Waals surface area contributed by atoms with Gasteiger partial charge in [0.2, 0.25) is 5.91 Å². The second-order valence-corrected chi connectivity index (χ2v) is 5.74. The highest BCUT2D eigenvalue weighted by molar-refractivity contribution is 5.95. The van der Waals surface area contributed by atoms with Crippen LogP contribution in [0, 0.1) is 5.92 Å². The van der Waals surface area contributed by atoms with E-state index in [1.807, 2.05) is 0 Å². The fourth-order valence-corrected chi connectivity index (χ4v) is 2.62. The molecule has 126 valence electrons. The molecule has 1 aliphatic rings. The average molecular weight is 322 g/mol. The summed E-state index contributed by atoms with van der Waals surface area (Å²) in [6.07, 6.45) is 4.49. The number of nitrogens with zero attached hydrogens (tertiary/aromatic N) is 1. The Morgan fingerprint density at radius 1 is 1.43 bits per heavy atom. The fraction of sp³-hybridized carbons (Fsp3) is 0.562. The third-order valence-electron chi connectivity index (χ3n) is 3.97. The Kier molecular flexibility index (Phi) is 5.78. The third kappa shape index (κ3) is 4.34.